The highest BCUT2D eigenvalue weighted by Crippen LogP contribution is 2.40. The van der Waals surface area contributed by atoms with Crippen LogP contribution in [0.5, 0.6) is 0 Å². The third-order valence-corrected chi connectivity index (χ3v) is 3.88. The molecule has 6 nitrogen and oxygen atoms in total. The Labute approximate surface area is 113 Å². The van der Waals surface area contributed by atoms with Crippen molar-refractivity contribution < 1.29 is 19.4 Å². The number of carboxylic acids is 1. The third kappa shape index (κ3) is 2.68. The number of hydrogen-bond donors (Lipinski definition) is 2. The van der Waals surface area contributed by atoms with Crippen molar-refractivity contribution in [3.8, 4) is 0 Å². The second-order valence-corrected chi connectivity index (χ2v) is 6.48. The van der Waals surface area contributed by atoms with Crippen molar-refractivity contribution in [2.45, 2.75) is 32.8 Å². The Hall–Kier alpha value is -1.30. The monoisotopic (exact) mass is 270 g/mol. The molecule has 0 saturated carbocycles. The highest BCUT2D eigenvalue weighted by molar-refractivity contribution is 5.79. The van der Waals surface area contributed by atoms with Crippen LogP contribution in [0.4, 0.5) is 4.79 Å². The summed E-state index contributed by atoms with van der Waals surface area (Å²) in [5.41, 5.74) is -1.41. The van der Waals surface area contributed by atoms with E-state index in [2.05, 4.69) is 5.32 Å². The van der Waals surface area contributed by atoms with E-state index in [9.17, 15) is 14.7 Å². The van der Waals surface area contributed by atoms with Gasteiger partial charge in [-0.2, -0.15) is 0 Å². The predicted octanol–water partition coefficient (Wildman–Crippen LogP) is 0.918. The second kappa shape index (κ2) is 4.67. The fourth-order valence-electron chi connectivity index (χ4n) is 2.91. The summed E-state index contributed by atoms with van der Waals surface area (Å²) in [5, 5.41) is 12.6. The lowest BCUT2D eigenvalue weighted by molar-refractivity contribution is -0.151. The van der Waals surface area contributed by atoms with Gasteiger partial charge in [0, 0.05) is 19.6 Å². The van der Waals surface area contributed by atoms with Crippen LogP contribution < -0.4 is 5.32 Å². The Morgan fingerprint density at radius 3 is 2.63 bits per heavy atom. The number of piperidine rings is 1. The first-order chi connectivity index (χ1) is 8.74. The van der Waals surface area contributed by atoms with Crippen LogP contribution in [-0.4, -0.2) is 53.8 Å². The Morgan fingerprint density at radius 2 is 2.11 bits per heavy atom. The maximum atomic E-state index is 12.1. The summed E-state index contributed by atoms with van der Waals surface area (Å²) in [7, 11) is 0. The Balaban J connectivity index is 2.11. The zero-order chi connectivity index (χ0) is 14.3. The summed E-state index contributed by atoms with van der Waals surface area (Å²) in [6.45, 7) is 7.36. The molecule has 2 fully saturated rings. The highest BCUT2D eigenvalue weighted by atomic mass is 16.6. The van der Waals surface area contributed by atoms with Gasteiger partial charge in [0.2, 0.25) is 0 Å². The quantitative estimate of drug-likeness (QED) is 0.740. The molecule has 0 spiro atoms. The van der Waals surface area contributed by atoms with Gasteiger partial charge < -0.3 is 20.1 Å². The van der Waals surface area contributed by atoms with E-state index < -0.39 is 23.1 Å². The minimum Gasteiger partial charge on any atom is -0.481 e. The van der Waals surface area contributed by atoms with Gasteiger partial charge in [0.25, 0.3) is 0 Å². The Kier molecular flexibility index (Phi) is 3.47. The number of nitrogens with one attached hydrogen (secondary N) is 1. The van der Waals surface area contributed by atoms with Crippen molar-refractivity contribution >= 4 is 12.1 Å². The molecule has 6 heteroatoms. The number of amides is 1. The van der Waals surface area contributed by atoms with Crippen LogP contribution in [0, 0.1) is 11.3 Å². The summed E-state index contributed by atoms with van der Waals surface area (Å²) in [6, 6.07) is 0. The predicted molar refractivity (Wildman–Crippen MR) is 68.9 cm³/mol. The van der Waals surface area contributed by atoms with Gasteiger partial charge in [0.15, 0.2) is 0 Å². The van der Waals surface area contributed by atoms with Crippen LogP contribution in [-0.2, 0) is 9.53 Å². The summed E-state index contributed by atoms with van der Waals surface area (Å²) in [4.78, 5) is 25.2. The van der Waals surface area contributed by atoms with Crippen molar-refractivity contribution in [2.24, 2.45) is 11.3 Å². The minimum absolute atomic E-state index is 0.0127. The molecule has 0 bridgehead atoms. The summed E-state index contributed by atoms with van der Waals surface area (Å²) >= 11 is 0. The van der Waals surface area contributed by atoms with E-state index in [1.54, 1.807) is 0 Å². The lowest BCUT2D eigenvalue weighted by Crippen LogP contribution is -2.51. The van der Waals surface area contributed by atoms with E-state index in [0.717, 1.165) is 13.0 Å². The summed E-state index contributed by atoms with van der Waals surface area (Å²) in [6.07, 6.45) is 0.369. The molecule has 1 amide bonds. The molecule has 0 radical (unpaired) electrons. The van der Waals surface area contributed by atoms with Crippen LogP contribution in [0.15, 0.2) is 0 Å². The van der Waals surface area contributed by atoms with E-state index in [0.29, 0.717) is 13.1 Å². The molecule has 108 valence electrons. The third-order valence-electron chi connectivity index (χ3n) is 3.88. The molecule has 0 aromatic carbocycles. The number of rotatable bonds is 1. The van der Waals surface area contributed by atoms with Crippen molar-refractivity contribution in [2.75, 3.05) is 26.2 Å². The molecular formula is C13H22N2O4. The average Bonchev–Trinajstić information content (AvgIpc) is 2.67. The number of hydrogen-bond acceptors (Lipinski definition) is 4. The number of nitrogens with zero attached hydrogens (tertiary/aromatic N) is 1. The van der Waals surface area contributed by atoms with Gasteiger partial charge in [-0.1, -0.05) is 0 Å². The lowest BCUT2D eigenvalue weighted by Gasteiger charge is -2.34. The molecule has 2 heterocycles. The molecule has 2 atom stereocenters. The van der Waals surface area contributed by atoms with Crippen LogP contribution in [0.25, 0.3) is 0 Å². The molecular weight excluding hydrogens is 248 g/mol. The number of carbonyl (C=O) groups is 2. The number of ether oxygens (including phenoxy) is 1. The van der Waals surface area contributed by atoms with Crippen molar-refractivity contribution in [3.63, 3.8) is 0 Å². The normalized spacial score (nSPS) is 30.9. The summed E-state index contributed by atoms with van der Waals surface area (Å²) in [5.74, 6) is -0.811. The van der Waals surface area contributed by atoms with E-state index in [4.69, 9.17) is 4.74 Å². The Bertz CT molecular complexity index is 391. The molecule has 0 aromatic rings. The molecule has 0 aromatic heterocycles. The van der Waals surface area contributed by atoms with Gasteiger partial charge in [-0.15, -0.1) is 0 Å². The number of likely N-dealkylation sites (tertiary alicyclic amines) is 1. The fraction of sp³-hybridized carbons (Fsp3) is 0.846. The summed E-state index contributed by atoms with van der Waals surface area (Å²) < 4.78 is 5.33. The van der Waals surface area contributed by atoms with Crippen LogP contribution in [0.2, 0.25) is 0 Å². The van der Waals surface area contributed by atoms with Crippen molar-refractivity contribution in [3.05, 3.63) is 0 Å². The lowest BCUT2D eigenvalue weighted by atomic mass is 9.74. The van der Waals surface area contributed by atoms with Crippen LogP contribution >= 0.6 is 0 Å². The van der Waals surface area contributed by atoms with Gasteiger partial charge in [-0.25, -0.2) is 4.79 Å². The van der Waals surface area contributed by atoms with Crippen molar-refractivity contribution in [1.29, 1.82) is 0 Å². The zero-order valence-electron chi connectivity index (χ0n) is 11.7. The van der Waals surface area contributed by atoms with E-state index in [1.807, 2.05) is 20.8 Å². The number of aliphatic carboxylic acids is 1. The highest BCUT2D eigenvalue weighted by Gasteiger charge is 2.55. The van der Waals surface area contributed by atoms with E-state index in [-0.39, 0.29) is 12.5 Å². The SMILES string of the molecule is CC(C)(C)OC(=O)N1C[C@@H]2CCNC[C@]2(C(=O)O)C1. The topological polar surface area (TPSA) is 78.9 Å². The maximum absolute atomic E-state index is 12.1. The molecule has 0 aliphatic carbocycles. The zero-order valence-corrected chi connectivity index (χ0v) is 11.7. The van der Waals surface area contributed by atoms with Gasteiger partial charge in [-0.3, -0.25) is 4.79 Å². The fourth-order valence-corrected chi connectivity index (χ4v) is 2.91. The van der Waals surface area contributed by atoms with Gasteiger partial charge in [-0.05, 0) is 39.7 Å². The standard InChI is InChI=1S/C13H22N2O4/c1-12(2,3)19-11(18)15-6-9-4-5-14-7-13(9,8-15)10(16)17/h9,14H,4-8H2,1-3H3,(H,16,17)/t9-,13-/m0/s1. The average molecular weight is 270 g/mol. The van der Waals surface area contributed by atoms with E-state index in [1.165, 1.54) is 4.90 Å². The largest absolute Gasteiger partial charge is 0.481 e. The van der Waals surface area contributed by atoms with Crippen LogP contribution in [0.3, 0.4) is 0 Å². The first-order valence-corrected chi connectivity index (χ1v) is 6.67. The molecule has 2 rings (SSSR count). The molecule has 2 aliphatic heterocycles. The van der Waals surface area contributed by atoms with Crippen molar-refractivity contribution in [1.82, 2.24) is 10.2 Å². The molecule has 2 saturated heterocycles. The number of carboxylic acid groups (broad SMARTS) is 1. The number of carbonyl (C=O) groups excluding carboxylic acids is 1. The molecule has 2 aliphatic rings. The van der Waals surface area contributed by atoms with Gasteiger partial charge in [0.05, 0.1) is 0 Å². The molecule has 2 N–H and O–H groups in total. The smallest absolute Gasteiger partial charge is 0.410 e. The first-order valence-electron chi connectivity index (χ1n) is 6.67. The van der Waals surface area contributed by atoms with Gasteiger partial charge >= 0.3 is 12.1 Å². The molecule has 0 unspecified atom stereocenters. The van der Waals surface area contributed by atoms with Crippen LogP contribution in [0.1, 0.15) is 27.2 Å². The number of fused-ring (bicyclic) bond motifs is 1. The minimum atomic E-state index is -0.852. The first kappa shape index (κ1) is 14.1. The van der Waals surface area contributed by atoms with Gasteiger partial charge in [0.1, 0.15) is 11.0 Å². The molecule has 19 heavy (non-hydrogen) atoms. The second-order valence-electron chi connectivity index (χ2n) is 6.48. The maximum Gasteiger partial charge on any atom is 0.410 e. The Morgan fingerprint density at radius 1 is 1.42 bits per heavy atom. The van der Waals surface area contributed by atoms with E-state index >= 15 is 0 Å².